The summed E-state index contributed by atoms with van der Waals surface area (Å²) in [4.78, 5) is 12.0. The van der Waals surface area contributed by atoms with Crippen molar-refractivity contribution in [1.29, 1.82) is 0 Å². The van der Waals surface area contributed by atoms with E-state index in [0.717, 1.165) is 25.7 Å². The van der Waals surface area contributed by atoms with E-state index in [9.17, 15) is 13.2 Å². The second kappa shape index (κ2) is 9.90. The zero-order valence-electron chi connectivity index (χ0n) is 16.4. The lowest BCUT2D eigenvalue weighted by Gasteiger charge is -2.26. The van der Waals surface area contributed by atoms with Gasteiger partial charge in [0.15, 0.2) is 0 Å². The Hall–Kier alpha value is -1.86. The van der Waals surface area contributed by atoms with E-state index in [0.29, 0.717) is 36.9 Å². The molecule has 150 valence electrons. The van der Waals surface area contributed by atoms with Crippen molar-refractivity contribution in [2.75, 3.05) is 26.7 Å². The highest BCUT2D eigenvalue weighted by atomic mass is 32.2. The maximum atomic E-state index is 13.0. The Morgan fingerprint density at radius 2 is 1.96 bits per heavy atom. The summed E-state index contributed by atoms with van der Waals surface area (Å²) in [5.74, 6) is 0.657. The minimum atomic E-state index is -3.62. The Kier molecular flexibility index (Phi) is 7.86. The summed E-state index contributed by atoms with van der Waals surface area (Å²) in [5.41, 5.74) is 0.644. The van der Waals surface area contributed by atoms with Crippen LogP contribution in [0.15, 0.2) is 29.2 Å². The minimum absolute atomic E-state index is 0.147. The fourth-order valence-corrected chi connectivity index (χ4v) is 4.67. The van der Waals surface area contributed by atoms with Crippen molar-refractivity contribution >= 4 is 22.0 Å². The van der Waals surface area contributed by atoms with Gasteiger partial charge in [-0.3, -0.25) is 4.79 Å². The summed E-state index contributed by atoms with van der Waals surface area (Å²) in [6, 6.07) is 4.94. The molecule has 0 aliphatic carbocycles. The number of amides is 1. The number of carbonyl (C=O) groups excluding carboxylic acids is 1. The van der Waals surface area contributed by atoms with E-state index in [4.69, 9.17) is 4.74 Å². The largest absolute Gasteiger partial charge is 0.495 e. The molecule has 1 N–H and O–H groups in total. The number of methoxy groups -OCH3 is 1. The summed E-state index contributed by atoms with van der Waals surface area (Å²) in [6.07, 6.45) is 6.77. The number of piperidine rings is 1. The first-order valence-corrected chi connectivity index (χ1v) is 10.9. The molecule has 27 heavy (non-hydrogen) atoms. The summed E-state index contributed by atoms with van der Waals surface area (Å²) in [6.45, 7) is 5.89. The monoisotopic (exact) mass is 394 g/mol. The second-order valence-electron chi connectivity index (χ2n) is 7.18. The lowest BCUT2D eigenvalue weighted by atomic mass is 10.1. The predicted octanol–water partition coefficient (Wildman–Crippen LogP) is 3.05. The van der Waals surface area contributed by atoms with Crippen LogP contribution >= 0.6 is 0 Å². The van der Waals surface area contributed by atoms with Crippen LogP contribution < -0.4 is 10.1 Å². The molecule has 1 aromatic carbocycles. The molecule has 0 radical (unpaired) electrons. The van der Waals surface area contributed by atoms with Gasteiger partial charge in [-0.15, -0.1) is 0 Å². The van der Waals surface area contributed by atoms with Crippen molar-refractivity contribution in [3.8, 4) is 5.75 Å². The third-order valence-corrected chi connectivity index (χ3v) is 6.49. The number of hydrogen-bond acceptors (Lipinski definition) is 4. The van der Waals surface area contributed by atoms with E-state index in [1.54, 1.807) is 24.3 Å². The smallest absolute Gasteiger partial charge is 0.246 e. The Morgan fingerprint density at radius 1 is 1.26 bits per heavy atom. The summed E-state index contributed by atoms with van der Waals surface area (Å²) in [5, 5.41) is 2.83. The summed E-state index contributed by atoms with van der Waals surface area (Å²) in [7, 11) is -2.16. The summed E-state index contributed by atoms with van der Waals surface area (Å²) < 4.78 is 32.8. The van der Waals surface area contributed by atoms with Crippen LogP contribution in [0.3, 0.4) is 0 Å². The van der Waals surface area contributed by atoms with E-state index in [1.807, 2.05) is 0 Å². The minimum Gasteiger partial charge on any atom is -0.495 e. The zero-order valence-corrected chi connectivity index (χ0v) is 17.2. The van der Waals surface area contributed by atoms with Crippen LogP contribution in [0, 0.1) is 5.92 Å². The topological polar surface area (TPSA) is 75.7 Å². The third-order valence-electron chi connectivity index (χ3n) is 4.57. The van der Waals surface area contributed by atoms with Gasteiger partial charge < -0.3 is 10.1 Å². The molecule has 1 amide bonds. The van der Waals surface area contributed by atoms with Crippen LogP contribution in [0.5, 0.6) is 5.75 Å². The molecule has 7 heteroatoms. The second-order valence-corrected chi connectivity index (χ2v) is 9.09. The molecule has 0 saturated carbocycles. The molecule has 0 atom stereocenters. The predicted molar refractivity (Wildman–Crippen MR) is 107 cm³/mol. The third kappa shape index (κ3) is 6.07. The molecule has 0 bridgehead atoms. The lowest BCUT2D eigenvalue weighted by molar-refractivity contribution is -0.116. The van der Waals surface area contributed by atoms with Gasteiger partial charge in [0.2, 0.25) is 15.9 Å². The van der Waals surface area contributed by atoms with Crippen LogP contribution in [0.4, 0.5) is 0 Å². The van der Waals surface area contributed by atoms with Crippen molar-refractivity contribution in [3.05, 3.63) is 29.8 Å². The lowest BCUT2D eigenvalue weighted by Crippen LogP contribution is -2.35. The van der Waals surface area contributed by atoms with E-state index in [1.165, 1.54) is 17.5 Å². The first kappa shape index (κ1) is 21.4. The molecule has 1 saturated heterocycles. The Balaban J connectivity index is 2.17. The fraction of sp³-hybridized carbons (Fsp3) is 0.550. The van der Waals surface area contributed by atoms with Gasteiger partial charge in [0.1, 0.15) is 10.6 Å². The Bertz CT molecular complexity index is 766. The molecule has 0 aromatic heterocycles. The van der Waals surface area contributed by atoms with Crippen molar-refractivity contribution < 1.29 is 17.9 Å². The molecule has 1 fully saturated rings. The van der Waals surface area contributed by atoms with Gasteiger partial charge in [-0.25, -0.2) is 8.42 Å². The molecule has 6 nitrogen and oxygen atoms in total. The molecule has 0 spiro atoms. The first-order valence-electron chi connectivity index (χ1n) is 9.48. The van der Waals surface area contributed by atoms with Crippen molar-refractivity contribution in [1.82, 2.24) is 9.62 Å². The fourth-order valence-electron chi connectivity index (χ4n) is 2.96. The Labute approximate surface area is 162 Å². The molecule has 1 heterocycles. The SMILES string of the molecule is COc1ccc(C=CC(=O)NCCC(C)C)cc1S(=O)(=O)N1CCCCC1. The number of sulfonamides is 1. The number of ether oxygens (including phenoxy) is 1. The van der Waals surface area contributed by atoms with Crippen molar-refractivity contribution in [2.24, 2.45) is 5.92 Å². The highest BCUT2D eigenvalue weighted by Crippen LogP contribution is 2.29. The average Bonchev–Trinajstić information content (AvgIpc) is 2.66. The normalized spacial score (nSPS) is 16.0. The molecule has 1 aliphatic heterocycles. The number of benzene rings is 1. The van der Waals surface area contributed by atoms with Crippen molar-refractivity contribution in [3.63, 3.8) is 0 Å². The van der Waals surface area contributed by atoms with E-state index >= 15 is 0 Å². The maximum absolute atomic E-state index is 13.0. The van der Waals surface area contributed by atoms with Crippen LogP contribution in [0.1, 0.15) is 45.1 Å². The first-order chi connectivity index (χ1) is 12.8. The van der Waals surface area contributed by atoms with E-state index in [-0.39, 0.29) is 10.8 Å². The number of nitrogens with zero attached hydrogens (tertiary/aromatic N) is 1. The Morgan fingerprint density at radius 3 is 2.59 bits per heavy atom. The van der Waals surface area contributed by atoms with Crippen LogP contribution in [-0.4, -0.2) is 45.4 Å². The van der Waals surface area contributed by atoms with Gasteiger partial charge in [0.25, 0.3) is 0 Å². The van der Waals surface area contributed by atoms with Crippen molar-refractivity contribution in [2.45, 2.75) is 44.4 Å². The van der Waals surface area contributed by atoms with E-state index < -0.39 is 10.0 Å². The van der Waals surface area contributed by atoms with Gasteiger partial charge in [0, 0.05) is 25.7 Å². The number of carbonyl (C=O) groups is 1. The van der Waals surface area contributed by atoms with Gasteiger partial charge in [-0.1, -0.05) is 26.3 Å². The van der Waals surface area contributed by atoms with Crippen LogP contribution in [-0.2, 0) is 14.8 Å². The van der Waals surface area contributed by atoms with Crippen LogP contribution in [0.25, 0.3) is 6.08 Å². The van der Waals surface area contributed by atoms with Gasteiger partial charge in [-0.2, -0.15) is 4.31 Å². The average molecular weight is 395 g/mol. The quantitative estimate of drug-likeness (QED) is 0.688. The number of rotatable bonds is 8. The zero-order chi connectivity index (χ0) is 19.9. The number of nitrogens with one attached hydrogen (secondary N) is 1. The molecular weight excluding hydrogens is 364 g/mol. The maximum Gasteiger partial charge on any atom is 0.246 e. The molecule has 1 aliphatic rings. The molecular formula is C20H30N2O4S. The van der Waals surface area contributed by atoms with Gasteiger partial charge >= 0.3 is 0 Å². The molecule has 2 rings (SSSR count). The molecule has 1 aromatic rings. The van der Waals surface area contributed by atoms with E-state index in [2.05, 4.69) is 19.2 Å². The standard InChI is InChI=1S/C20H30N2O4S/c1-16(2)11-12-21-20(23)10-8-17-7-9-18(26-3)19(15-17)27(24,25)22-13-5-4-6-14-22/h7-10,15-16H,4-6,11-14H2,1-3H3,(H,21,23). The van der Waals surface area contributed by atoms with Gasteiger partial charge in [-0.05, 0) is 49.0 Å². The highest BCUT2D eigenvalue weighted by Gasteiger charge is 2.28. The van der Waals surface area contributed by atoms with Gasteiger partial charge in [0.05, 0.1) is 7.11 Å². The highest BCUT2D eigenvalue weighted by molar-refractivity contribution is 7.89. The number of hydrogen-bond donors (Lipinski definition) is 1. The molecule has 0 unspecified atom stereocenters. The van der Waals surface area contributed by atoms with Crippen LogP contribution in [0.2, 0.25) is 0 Å². The summed E-state index contributed by atoms with van der Waals surface area (Å²) >= 11 is 0.